The second kappa shape index (κ2) is 6.64. The molecule has 1 aliphatic carbocycles. The van der Waals surface area contributed by atoms with Gasteiger partial charge in [-0.05, 0) is 38.0 Å². The Kier molecular flexibility index (Phi) is 4.88. The SMILES string of the molecule is CCOc1ccc(NC2CCCCC2)cc1CO. The van der Waals surface area contributed by atoms with Crippen LogP contribution >= 0.6 is 0 Å². The fourth-order valence-electron chi connectivity index (χ4n) is 2.57. The molecule has 0 unspecified atom stereocenters. The van der Waals surface area contributed by atoms with Crippen molar-refractivity contribution >= 4 is 5.69 Å². The first kappa shape index (κ1) is 13.2. The zero-order valence-corrected chi connectivity index (χ0v) is 11.1. The number of benzene rings is 1. The average Bonchev–Trinajstić information content (AvgIpc) is 2.42. The Morgan fingerprint density at radius 2 is 2.06 bits per heavy atom. The quantitative estimate of drug-likeness (QED) is 0.841. The lowest BCUT2D eigenvalue weighted by atomic mass is 9.95. The molecule has 1 saturated carbocycles. The van der Waals surface area contributed by atoms with Crippen molar-refractivity contribution in [3.05, 3.63) is 23.8 Å². The molecule has 2 N–H and O–H groups in total. The van der Waals surface area contributed by atoms with Gasteiger partial charge in [0.15, 0.2) is 0 Å². The second-order valence-electron chi connectivity index (χ2n) is 4.89. The Labute approximate surface area is 109 Å². The summed E-state index contributed by atoms with van der Waals surface area (Å²) in [4.78, 5) is 0. The van der Waals surface area contributed by atoms with Crippen LogP contribution in [0.3, 0.4) is 0 Å². The van der Waals surface area contributed by atoms with Crippen LogP contribution < -0.4 is 10.1 Å². The summed E-state index contributed by atoms with van der Waals surface area (Å²) < 4.78 is 5.49. The normalized spacial score (nSPS) is 16.6. The Balaban J connectivity index is 2.04. The van der Waals surface area contributed by atoms with E-state index in [1.54, 1.807) is 0 Å². The van der Waals surface area contributed by atoms with Crippen molar-refractivity contribution in [3.8, 4) is 5.75 Å². The fraction of sp³-hybridized carbons (Fsp3) is 0.600. The number of rotatable bonds is 5. The van der Waals surface area contributed by atoms with E-state index in [9.17, 15) is 5.11 Å². The highest BCUT2D eigenvalue weighted by atomic mass is 16.5. The van der Waals surface area contributed by atoms with Crippen LogP contribution in [-0.4, -0.2) is 17.8 Å². The number of aliphatic hydroxyl groups excluding tert-OH is 1. The van der Waals surface area contributed by atoms with Gasteiger partial charge >= 0.3 is 0 Å². The molecule has 0 bridgehead atoms. The minimum Gasteiger partial charge on any atom is -0.494 e. The molecule has 3 heteroatoms. The Hall–Kier alpha value is -1.22. The van der Waals surface area contributed by atoms with E-state index in [0.29, 0.717) is 12.6 Å². The minimum absolute atomic E-state index is 0.0233. The molecule has 18 heavy (non-hydrogen) atoms. The van der Waals surface area contributed by atoms with Crippen molar-refractivity contribution in [3.63, 3.8) is 0 Å². The van der Waals surface area contributed by atoms with E-state index < -0.39 is 0 Å². The van der Waals surface area contributed by atoms with Gasteiger partial charge in [-0.15, -0.1) is 0 Å². The summed E-state index contributed by atoms with van der Waals surface area (Å²) in [6.07, 6.45) is 6.51. The number of anilines is 1. The van der Waals surface area contributed by atoms with Crippen LogP contribution in [-0.2, 0) is 6.61 Å². The van der Waals surface area contributed by atoms with Crippen LogP contribution in [0.5, 0.6) is 5.75 Å². The molecule has 1 aromatic rings. The molecule has 3 nitrogen and oxygen atoms in total. The van der Waals surface area contributed by atoms with Gasteiger partial charge in [0.25, 0.3) is 0 Å². The maximum atomic E-state index is 9.37. The first-order valence-corrected chi connectivity index (χ1v) is 6.96. The molecule has 0 atom stereocenters. The average molecular weight is 249 g/mol. The third-order valence-electron chi connectivity index (χ3n) is 3.51. The summed E-state index contributed by atoms with van der Waals surface area (Å²) in [6.45, 7) is 2.60. The summed E-state index contributed by atoms with van der Waals surface area (Å²) in [5.74, 6) is 0.786. The smallest absolute Gasteiger partial charge is 0.124 e. The lowest BCUT2D eigenvalue weighted by Crippen LogP contribution is -2.22. The summed E-state index contributed by atoms with van der Waals surface area (Å²) >= 11 is 0. The molecule has 0 heterocycles. The molecule has 0 spiro atoms. The van der Waals surface area contributed by atoms with Gasteiger partial charge in [-0.1, -0.05) is 19.3 Å². The highest BCUT2D eigenvalue weighted by Crippen LogP contribution is 2.26. The lowest BCUT2D eigenvalue weighted by Gasteiger charge is -2.24. The van der Waals surface area contributed by atoms with Gasteiger partial charge in [0, 0.05) is 17.3 Å². The van der Waals surface area contributed by atoms with Crippen molar-refractivity contribution < 1.29 is 9.84 Å². The van der Waals surface area contributed by atoms with E-state index in [4.69, 9.17) is 4.74 Å². The summed E-state index contributed by atoms with van der Waals surface area (Å²) in [7, 11) is 0. The molecular weight excluding hydrogens is 226 g/mol. The van der Waals surface area contributed by atoms with E-state index in [2.05, 4.69) is 5.32 Å². The Morgan fingerprint density at radius 1 is 1.28 bits per heavy atom. The molecule has 0 amide bonds. The third kappa shape index (κ3) is 3.39. The van der Waals surface area contributed by atoms with Crippen LogP contribution in [0.2, 0.25) is 0 Å². The van der Waals surface area contributed by atoms with E-state index in [1.165, 1.54) is 32.1 Å². The fourth-order valence-corrected chi connectivity index (χ4v) is 2.57. The highest BCUT2D eigenvalue weighted by Gasteiger charge is 2.13. The topological polar surface area (TPSA) is 41.5 Å². The molecule has 1 fully saturated rings. The van der Waals surface area contributed by atoms with Gasteiger partial charge in [0.05, 0.1) is 13.2 Å². The van der Waals surface area contributed by atoms with Crippen molar-refractivity contribution in [1.29, 1.82) is 0 Å². The zero-order chi connectivity index (χ0) is 12.8. The number of aliphatic hydroxyl groups is 1. The van der Waals surface area contributed by atoms with E-state index >= 15 is 0 Å². The summed E-state index contributed by atoms with van der Waals surface area (Å²) in [5.41, 5.74) is 1.95. The lowest BCUT2D eigenvalue weighted by molar-refractivity contribution is 0.267. The van der Waals surface area contributed by atoms with Crippen molar-refractivity contribution in [2.75, 3.05) is 11.9 Å². The molecule has 100 valence electrons. The largest absolute Gasteiger partial charge is 0.494 e. The number of ether oxygens (including phenoxy) is 1. The first-order chi connectivity index (χ1) is 8.83. The molecule has 0 aromatic heterocycles. The number of hydrogen-bond donors (Lipinski definition) is 2. The first-order valence-electron chi connectivity index (χ1n) is 6.96. The molecule has 1 aliphatic rings. The maximum absolute atomic E-state index is 9.37. The van der Waals surface area contributed by atoms with E-state index in [0.717, 1.165) is 17.0 Å². The summed E-state index contributed by atoms with van der Waals surface area (Å²) in [5, 5.41) is 12.9. The van der Waals surface area contributed by atoms with Gasteiger partial charge in [0.2, 0.25) is 0 Å². The standard InChI is InChI=1S/C15H23NO2/c1-2-18-15-9-8-14(10-12(15)11-17)16-13-6-4-3-5-7-13/h8-10,13,16-17H,2-7,11H2,1H3. The molecule has 0 saturated heterocycles. The molecule has 0 radical (unpaired) electrons. The predicted octanol–water partition coefficient (Wildman–Crippen LogP) is 3.32. The zero-order valence-electron chi connectivity index (χ0n) is 11.1. The second-order valence-corrected chi connectivity index (χ2v) is 4.89. The van der Waals surface area contributed by atoms with Crippen molar-refractivity contribution in [1.82, 2.24) is 0 Å². The van der Waals surface area contributed by atoms with Gasteiger partial charge in [-0.2, -0.15) is 0 Å². The van der Waals surface area contributed by atoms with Crippen LogP contribution in [0.25, 0.3) is 0 Å². The monoisotopic (exact) mass is 249 g/mol. The van der Waals surface area contributed by atoms with Gasteiger partial charge in [-0.3, -0.25) is 0 Å². The van der Waals surface area contributed by atoms with Crippen LogP contribution in [0, 0.1) is 0 Å². The van der Waals surface area contributed by atoms with E-state index in [1.807, 2.05) is 25.1 Å². The third-order valence-corrected chi connectivity index (χ3v) is 3.51. The number of hydrogen-bond acceptors (Lipinski definition) is 3. The summed E-state index contributed by atoms with van der Waals surface area (Å²) in [6, 6.07) is 6.57. The molecule has 2 rings (SSSR count). The molecule has 1 aromatic carbocycles. The van der Waals surface area contributed by atoms with Gasteiger partial charge in [-0.25, -0.2) is 0 Å². The van der Waals surface area contributed by atoms with Crippen molar-refractivity contribution in [2.24, 2.45) is 0 Å². The molecule has 0 aliphatic heterocycles. The van der Waals surface area contributed by atoms with Crippen LogP contribution in [0.4, 0.5) is 5.69 Å². The Morgan fingerprint density at radius 3 is 2.72 bits per heavy atom. The number of nitrogens with one attached hydrogen (secondary N) is 1. The Bertz CT molecular complexity index is 373. The maximum Gasteiger partial charge on any atom is 0.124 e. The van der Waals surface area contributed by atoms with Gasteiger partial charge < -0.3 is 15.2 Å². The highest BCUT2D eigenvalue weighted by molar-refractivity contribution is 5.51. The van der Waals surface area contributed by atoms with Crippen LogP contribution in [0.1, 0.15) is 44.6 Å². The molecular formula is C15H23NO2. The van der Waals surface area contributed by atoms with Gasteiger partial charge in [0.1, 0.15) is 5.75 Å². The minimum atomic E-state index is 0.0233. The predicted molar refractivity (Wildman–Crippen MR) is 74.0 cm³/mol. The van der Waals surface area contributed by atoms with Crippen LogP contribution in [0.15, 0.2) is 18.2 Å². The van der Waals surface area contributed by atoms with E-state index in [-0.39, 0.29) is 6.61 Å². The van der Waals surface area contributed by atoms with Crippen molar-refractivity contribution in [2.45, 2.75) is 51.7 Å².